The van der Waals surface area contributed by atoms with Crippen LogP contribution in [-0.2, 0) is 12.7 Å². The SMILES string of the molecule is N#Cc1nc(-c2ccc(Oc3nc(C4CC4)cc(C(F)(F)F)n3)c(Cl)c2)n(CCC(F)(F)F)c1C#N. The van der Waals surface area contributed by atoms with E-state index in [1.54, 1.807) is 12.1 Å². The van der Waals surface area contributed by atoms with E-state index in [4.69, 9.17) is 16.3 Å². The number of aromatic nitrogens is 4. The minimum atomic E-state index is -4.72. The van der Waals surface area contributed by atoms with Gasteiger partial charge in [0, 0.05) is 18.0 Å². The van der Waals surface area contributed by atoms with E-state index in [1.807, 2.05) is 0 Å². The van der Waals surface area contributed by atoms with Gasteiger partial charge in [-0.2, -0.15) is 46.8 Å². The van der Waals surface area contributed by atoms with Crippen LogP contribution in [0.15, 0.2) is 24.3 Å². The van der Waals surface area contributed by atoms with Crippen LogP contribution in [0.3, 0.4) is 0 Å². The molecule has 0 unspecified atom stereocenters. The Bertz CT molecular complexity index is 1400. The van der Waals surface area contributed by atoms with Crippen molar-refractivity contribution in [2.75, 3.05) is 0 Å². The normalized spacial score (nSPS) is 13.8. The van der Waals surface area contributed by atoms with E-state index >= 15 is 0 Å². The van der Waals surface area contributed by atoms with E-state index in [2.05, 4.69) is 15.0 Å². The highest BCUT2D eigenvalue weighted by atomic mass is 35.5. The number of ether oxygens (including phenoxy) is 1. The standard InChI is InChI=1S/C22H13ClF6N6O/c23-13-7-12(19-32-15(9-30)16(10-31)35(19)6-5-21(24,25)26)3-4-17(13)36-20-33-14(11-1-2-11)8-18(34-20)22(27,28)29/h3-4,7-8,11H,1-2,5-6H2. The molecular formula is C22H13ClF6N6O. The Morgan fingerprint density at radius 2 is 1.75 bits per heavy atom. The summed E-state index contributed by atoms with van der Waals surface area (Å²) in [5, 5.41) is 18.4. The van der Waals surface area contributed by atoms with Crippen molar-refractivity contribution in [3.63, 3.8) is 0 Å². The van der Waals surface area contributed by atoms with Crippen molar-refractivity contribution in [3.05, 3.63) is 52.1 Å². The van der Waals surface area contributed by atoms with Crippen molar-refractivity contribution >= 4 is 11.6 Å². The smallest absolute Gasteiger partial charge is 0.423 e. The number of benzene rings is 1. The van der Waals surface area contributed by atoms with Crippen molar-refractivity contribution in [2.45, 2.75) is 44.1 Å². The Hall–Kier alpha value is -3.84. The van der Waals surface area contributed by atoms with Crippen LogP contribution in [0.4, 0.5) is 26.3 Å². The molecule has 1 aliphatic carbocycles. The molecule has 0 aliphatic heterocycles. The van der Waals surface area contributed by atoms with Gasteiger partial charge in [0.25, 0.3) is 0 Å². The number of nitrogens with zero attached hydrogens (tertiary/aromatic N) is 6. The maximum atomic E-state index is 13.3. The summed E-state index contributed by atoms with van der Waals surface area (Å²) in [7, 11) is 0. The maximum Gasteiger partial charge on any atom is 0.433 e. The van der Waals surface area contributed by atoms with E-state index < -0.39 is 37.0 Å². The minimum Gasteiger partial charge on any atom is -0.423 e. The highest BCUT2D eigenvalue weighted by Gasteiger charge is 2.36. The van der Waals surface area contributed by atoms with Gasteiger partial charge in [-0.25, -0.2) is 4.98 Å². The summed E-state index contributed by atoms with van der Waals surface area (Å²) >= 11 is 6.24. The van der Waals surface area contributed by atoms with Crippen LogP contribution in [0, 0.1) is 22.7 Å². The van der Waals surface area contributed by atoms with E-state index in [-0.39, 0.29) is 45.2 Å². The highest BCUT2D eigenvalue weighted by Crippen LogP contribution is 2.42. The zero-order valence-corrected chi connectivity index (χ0v) is 18.7. The molecule has 0 spiro atoms. The number of hydrogen-bond acceptors (Lipinski definition) is 6. The lowest BCUT2D eigenvalue weighted by molar-refractivity contribution is -0.141. The molecule has 14 heteroatoms. The zero-order chi connectivity index (χ0) is 26.3. The van der Waals surface area contributed by atoms with Gasteiger partial charge in [-0.15, -0.1) is 0 Å². The van der Waals surface area contributed by atoms with Crippen molar-refractivity contribution < 1.29 is 31.1 Å². The molecule has 1 aromatic carbocycles. The number of alkyl halides is 6. The van der Waals surface area contributed by atoms with Gasteiger partial charge in [0.1, 0.15) is 23.7 Å². The molecule has 7 nitrogen and oxygen atoms in total. The predicted molar refractivity (Wildman–Crippen MR) is 112 cm³/mol. The fraction of sp³-hybridized carbons (Fsp3) is 0.318. The lowest BCUT2D eigenvalue weighted by Gasteiger charge is -2.13. The molecule has 1 saturated carbocycles. The molecule has 0 N–H and O–H groups in total. The molecule has 3 aromatic rings. The molecule has 4 rings (SSSR count). The Labute approximate surface area is 204 Å². The first-order chi connectivity index (χ1) is 16.9. The van der Waals surface area contributed by atoms with Gasteiger partial charge in [0.2, 0.25) is 0 Å². The average Bonchev–Trinajstić information content (AvgIpc) is 3.58. The highest BCUT2D eigenvalue weighted by molar-refractivity contribution is 6.32. The van der Waals surface area contributed by atoms with Gasteiger partial charge in [-0.05, 0) is 37.1 Å². The molecule has 0 atom stereocenters. The third kappa shape index (κ3) is 5.52. The van der Waals surface area contributed by atoms with Gasteiger partial charge in [-0.3, -0.25) is 0 Å². The molecule has 1 fully saturated rings. The first kappa shape index (κ1) is 25.3. The van der Waals surface area contributed by atoms with Gasteiger partial charge in [-0.1, -0.05) is 11.6 Å². The monoisotopic (exact) mass is 526 g/mol. The number of imidazole rings is 1. The van der Waals surface area contributed by atoms with Gasteiger partial charge in [0.15, 0.2) is 17.1 Å². The van der Waals surface area contributed by atoms with E-state index in [9.17, 15) is 36.9 Å². The summed E-state index contributed by atoms with van der Waals surface area (Å²) in [6.07, 6.45) is -9.14. The summed E-state index contributed by atoms with van der Waals surface area (Å²) in [5.41, 5.74) is -1.54. The topological polar surface area (TPSA) is 100 Å². The number of halogens is 7. The summed E-state index contributed by atoms with van der Waals surface area (Å²) in [5.74, 6) is -0.350. The Balaban J connectivity index is 1.68. The second-order valence-electron chi connectivity index (χ2n) is 7.85. The largest absolute Gasteiger partial charge is 0.433 e. The molecule has 2 aromatic heterocycles. The molecule has 1 aliphatic rings. The van der Waals surface area contributed by atoms with Crippen LogP contribution < -0.4 is 4.74 Å². The second kappa shape index (κ2) is 9.32. The third-order valence-electron chi connectivity index (χ3n) is 5.20. The molecule has 36 heavy (non-hydrogen) atoms. The van der Waals surface area contributed by atoms with Crippen LogP contribution in [0.1, 0.15) is 48.0 Å². The van der Waals surface area contributed by atoms with Crippen LogP contribution in [-0.4, -0.2) is 25.7 Å². The summed E-state index contributed by atoms with van der Waals surface area (Å²) in [6.45, 7) is -0.672. The summed E-state index contributed by atoms with van der Waals surface area (Å²) < 4.78 is 84.6. The van der Waals surface area contributed by atoms with E-state index in [0.29, 0.717) is 12.8 Å². The van der Waals surface area contributed by atoms with Crippen LogP contribution in [0.25, 0.3) is 11.4 Å². The van der Waals surface area contributed by atoms with Crippen LogP contribution in [0.5, 0.6) is 11.8 Å². The number of rotatable bonds is 6. The number of hydrogen-bond donors (Lipinski definition) is 0. The van der Waals surface area contributed by atoms with Crippen LogP contribution >= 0.6 is 11.6 Å². The van der Waals surface area contributed by atoms with Gasteiger partial charge < -0.3 is 9.30 Å². The minimum absolute atomic E-state index is 0.115. The summed E-state index contributed by atoms with van der Waals surface area (Å²) in [6, 6.07) is 7.47. The molecule has 186 valence electrons. The third-order valence-corrected chi connectivity index (χ3v) is 5.50. The fourth-order valence-corrected chi connectivity index (χ4v) is 3.58. The van der Waals surface area contributed by atoms with Crippen molar-refractivity contribution in [3.8, 4) is 35.3 Å². The number of nitriles is 2. The first-order valence-corrected chi connectivity index (χ1v) is 10.7. The zero-order valence-electron chi connectivity index (χ0n) is 18.0. The Morgan fingerprint density at radius 1 is 1.03 bits per heavy atom. The van der Waals surface area contributed by atoms with Gasteiger partial charge >= 0.3 is 18.4 Å². The van der Waals surface area contributed by atoms with Crippen molar-refractivity contribution in [1.82, 2.24) is 19.5 Å². The molecular weight excluding hydrogens is 514 g/mol. The first-order valence-electron chi connectivity index (χ1n) is 10.3. The Morgan fingerprint density at radius 3 is 2.31 bits per heavy atom. The predicted octanol–water partition coefficient (Wildman–Crippen LogP) is 6.38. The maximum absolute atomic E-state index is 13.3. The lowest BCUT2D eigenvalue weighted by atomic mass is 10.2. The Kier molecular flexibility index (Phi) is 6.54. The molecule has 2 heterocycles. The van der Waals surface area contributed by atoms with Crippen molar-refractivity contribution in [1.29, 1.82) is 10.5 Å². The van der Waals surface area contributed by atoms with Crippen LogP contribution in [0.2, 0.25) is 5.02 Å². The van der Waals surface area contributed by atoms with Gasteiger partial charge in [0.05, 0.1) is 17.1 Å². The molecule has 0 radical (unpaired) electrons. The van der Waals surface area contributed by atoms with Crippen molar-refractivity contribution in [2.24, 2.45) is 0 Å². The second-order valence-corrected chi connectivity index (χ2v) is 8.26. The quantitative estimate of drug-likeness (QED) is 0.346. The molecule has 0 saturated heterocycles. The fourth-order valence-electron chi connectivity index (χ4n) is 3.36. The molecule has 0 bridgehead atoms. The lowest BCUT2D eigenvalue weighted by Crippen LogP contribution is -2.14. The summed E-state index contributed by atoms with van der Waals surface area (Å²) in [4.78, 5) is 11.4. The van der Waals surface area contributed by atoms with E-state index in [0.717, 1.165) is 10.6 Å². The average molecular weight is 527 g/mol. The molecule has 0 amide bonds. The van der Waals surface area contributed by atoms with E-state index in [1.165, 1.54) is 18.2 Å².